The molecule has 2 aromatic rings. The van der Waals surface area contributed by atoms with Crippen LogP contribution in [0, 0.1) is 0 Å². The van der Waals surface area contributed by atoms with E-state index in [1.54, 1.807) is 12.1 Å². The minimum Gasteiger partial charge on any atom is -0.493 e. The number of hydrogen-bond donors (Lipinski definition) is 2. The van der Waals surface area contributed by atoms with Gasteiger partial charge in [-0.05, 0) is 29.6 Å². The van der Waals surface area contributed by atoms with E-state index in [0.29, 0.717) is 17.1 Å². The Balaban J connectivity index is 2.15. The molecular weight excluding hydrogens is 384 g/mol. The fourth-order valence-electron chi connectivity index (χ4n) is 2.35. The number of hydrogen-bond acceptors (Lipinski definition) is 7. The van der Waals surface area contributed by atoms with Gasteiger partial charge in [0.25, 0.3) is 11.8 Å². The fourth-order valence-corrected chi connectivity index (χ4v) is 3.13. The number of likely N-dealkylation sites (N-methyl/N-ethyl adjacent to an activating group) is 1. The summed E-state index contributed by atoms with van der Waals surface area (Å²) in [5.41, 5.74) is 0.329. The summed E-state index contributed by atoms with van der Waals surface area (Å²) in [4.78, 5) is 36.6. The van der Waals surface area contributed by atoms with Crippen LogP contribution in [-0.4, -0.2) is 45.7 Å². The summed E-state index contributed by atoms with van der Waals surface area (Å²) in [6.45, 7) is -0.169. The van der Waals surface area contributed by atoms with Gasteiger partial charge in [-0.1, -0.05) is 6.07 Å². The summed E-state index contributed by atoms with van der Waals surface area (Å²) in [5, 5.41) is 7.16. The van der Waals surface area contributed by atoms with E-state index >= 15 is 0 Å². The zero-order valence-electron chi connectivity index (χ0n) is 15.8. The van der Waals surface area contributed by atoms with Crippen molar-refractivity contribution in [2.45, 2.75) is 12.5 Å². The van der Waals surface area contributed by atoms with E-state index in [4.69, 9.17) is 14.2 Å². The largest absolute Gasteiger partial charge is 0.493 e. The lowest BCUT2D eigenvalue weighted by Crippen LogP contribution is -2.30. The van der Waals surface area contributed by atoms with E-state index in [9.17, 15) is 14.4 Å². The van der Waals surface area contributed by atoms with Gasteiger partial charge in [-0.25, -0.2) is 0 Å². The lowest BCUT2D eigenvalue weighted by Gasteiger charge is -2.17. The number of esters is 1. The first-order chi connectivity index (χ1) is 13.5. The Morgan fingerprint density at radius 3 is 2.54 bits per heavy atom. The van der Waals surface area contributed by atoms with Crippen molar-refractivity contribution in [3.63, 3.8) is 0 Å². The Labute approximate surface area is 166 Å². The van der Waals surface area contributed by atoms with Gasteiger partial charge >= 0.3 is 5.97 Å². The van der Waals surface area contributed by atoms with E-state index in [1.165, 1.54) is 38.7 Å². The third kappa shape index (κ3) is 5.71. The topological polar surface area (TPSA) is 103 Å². The molecule has 2 rings (SSSR count). The Morgan fingerprint density at radius 1 is 1.14 bits per heavy atom. The van der Waals surface area contributed by atoms with Crippen molar-refractivity contribution in [2.75, 3.05) is 27.9 Å². The average Bonchev–Trinajstić information content (AvgIpc) is 3.25. The highest BCUT2D eigenvalue weighted by atomic mass is 32.1. The third-order valence-electron chi connectivity index (χ3n) is 3.85. The van der Waals surface area contributed by atoms with Crippen LogP contribution in [0.1, 0.15) is 27.7 Å². The second-order valence-electron chi connectivity index (χ2n) is 5.65. The van der Waals surface area contributed by atoms with E-state index in [0.717, 1.165) is 4.88 Å². The number of carbonyl (C=O) groups is 3. The van der Waals surface area contributed by atoms with Gasteiger partial charge in [0.05, 0.1) is 26.7 Å². The molecule has 1 atom stereocenters. The van der Waals surface area contributed by atoms with Crippen LogP contribution in [0.15, 0.2) is 35.7 Å². The zero-order valence-corrected chi connectivity index (χ0v) is 16.6. The van der Waals surface area contributed by atoms with Crippen LogP contribution in [0.2, 0.25) is 0 Å². The van der Waals surface area contributed by atoms with Crippen LogP contribution in [0.5, 0.6) is 11.5 Å². The predicted octanol–water partition coefficient (Wildman–Crippen LogP) is 1.92. The summed E-state index contributed by atoms with van der Waals surface area (Å²) in [6, 6.07) is 7.80. The number of methoxy groups -OCH3 is 2. The molecule has 1 heterocycles. The number of rotatable bonds is 9. The van der Waals surface area contributed by atoms with Gasteiger partial charge in [0.15, 0.2) is 18.1 Å². The Bertz CT molecular complexity index is 822. The molecule has 0 aliphatic carbocycles. The molecule has 0 aliphatic heterocycles. The molecule has 0 fully saturated rings. The lowest BCUT2D eigenvalue weighted by molar-refractivity contribution is -0.141. The number of amides is 2. The summed E-state index contributed by atoms with van der Waals surface area (Å²) >= 11 is 1.44. The number of thiophene rings is 1. The molecule has 1 aromatic carbocycles. The quantitative estimate of drug-likeness (QED) is 0.617. The van der Waals surface area contributed by atoms with Crippen molar-refractivity contribution in [2.24, 2.45) is 0 Å². The second kappa shape index (κ2) is 10.3. The number of ether oxygens (including phenoxy) is 3. The lowest BCUT2D eigenvalue weighted by atomic mass is 10.1. The molecule has 0 radical (unpaired) electrons. The van der Waals surface area contributed by atoms with E-state index in [-0.39, 0.29) is 24.8 Å². The maximum absolute atomic E-state index is 12.7. The Morgan fingerprint density at radius 2 is 1.93 bits per heavy atom. The van der Waals surface area contributed by atoms with Crippen molar-refractivity contribution in [3.8, 4) is 11.5 Å². The van der Waals surface area contributed by atoms with E-state index in [1.807, 2.05) is 17.5 Å². The van der Waals surface area contributed by atoms with Crippen LogP contribution < -0.4 is 20.1 Å². The molecule has 1 aromatic heterocycles. The molecule has 0 spiro atoms. The third-order valence-corrected chi connectivity index (χ3v) is 4.84. The van der Waals surface area contributed by atoms with Crippen molar-refractivity contribution in [3.05, 3.63) is 46.2 Å². The minimum atomic E-state index is -0.505. The summed E-state index contributed by atoms with van der Waals surface area (Å²) in [7, 11) is 4.25. The maximum Gasteiger partial charge on any atom is 0.307 e. The van der Waals surface area contributed by atoms with Gasteiger partial charge in [0, 0.05) is 17.5 Å². The van der Waals surface area contributed by atoms with Gasteiger partial charge < -0.3 is 24.8 Å². The van der Waals surface area contributed by atoms with Gasteiger partial charge in [0.1, 0.15) is 0 Å². The zero-order chi connectivity index (χ0) is 20.5. The average molecular weight is 406 g/mol. The highest BCUT2D eigenvalue weighted by Crippen LogP contribution is 2.29. The first-order valence-electron chi connectivity index (χ1n) is 8.41. The van der Waals surface area contributed by atoms with Gasteiger partial charge in [-0.3, -0.25) is 14.4 Å². The summed E-state index contributed by atoms with van der Waals surface area (Å²) in [5.74, 6) is -0.428. The molecule has 0 aliphatic rings. The smallest absolute Gasteiger partial charge is 0.307 e. The molecule has 28 heavy (non-hydrogen) atoms. The monoisotopic (exact) mass is 406 g/mol. The molecule has 8 nitrogen and oxygen atoms in total. The van der Waals surface area contributed by atoms with Crippen LogP contribution >= 0.6 is 11.3 Å². The van der Waals surface area contributed by atoms with E-state index < -0.39 is 12.0 Å². The SMILES string of the molecule is CNC(=O)COc1ccc(C(=O)NC(CC(=O)OC)c2cccs2)cc1OC. The van der Waals surface area contributed by atoms with Crippen molar-refractivity contribution in [1.82, 2.24) is 10.6 Å². The number of carbonyl (C=O) groups excluding carboxylic acids is 3. The number of nitrogens with one attached hydrogen (secondary N) is 2. The molecule has 9 heteroatoms. The highest BCUT2D eigenvalue weighted by molar-refractivity contribution is 7.10. The Hall–Kier alpha value is -3.07. The molecule has 1 unspecified atom stereocenters. The summed E-state index contributed by atoms with van der Waals surface area (Å²) in [6.07, 6.45) is 0.0210. The van der Waals surface area contributed by atoms with Crippen molar-refractivity contribution < 1.29 is 28.6 Å². The fraction of sp³-hybridized carbons (Fsp3) is 0.316. The standard InChI is InChI=1S/C19H22N2O6S/c1-20-17(22)11-27-14-7-6-12(9-15(14)25-2)19(24)21-13(10-18(23)26-3)16-5-4-8-28-16/h4-9,13H,10-11H2,1-3H3,(H,20,22)(H,21,24). The molecule has 2 amide bonds. The predicted molar refractivity (Wildman–Crippen MR) is 104 cm³/mol. The Kier molecular flexibility index (Phi) is 7.82. The maximum atomic E-state index is 12.7. The van der Waals surface area contributed by atoms with E-state index in [2.05, 4.69) is 10.6 Å². The highest BCUT2D eigenvalue weighted by Gasteiger charge is 2.21. The first-order valence-corrected chi connectivity index (χ1v) is 9.29. The van der Waals surface area contributed by atoms with Crippen LogP contribution in [-0.2, 0) is 14.3 Å². The van der Waals surface area contributed by atoms with Crippen LogP contribution in [0.3, 0.4) is 0 Å². The van der Waals surface area contributed by atoms with Crippen LogP contribution in [0.4, 0.5) is 0 Å². The molecular formula is C19H22N2O6S. The van der Waals surface area contributed by atoms with Crippen molar-refractivity contribution in [1.29, 1.82) is 0 Å². The van der Waals surface area contributed by atoms with Gasteiger partial charge in [-0.2, -0.15) is 0 Å². The number of benzene rings is 1. The second-order valence-corrected chi connectivity index (χ2v) is 6.63. The molecule has 0 bridgehead atoms. The van der Waals surface area contributed by atoms with Gasteiger partial charge in [0.2, 0.25) is 0 Å². The summed E-state index contributed by atoms with van der Waals surface area (Å²) < 4.78 is 15.4. The molecule has 0 saturated heterocycles. The van der Waals surface area contributed by atoms with Crippen LogP contribution in [0.25, 0.3) is 0 Å². The van der Waals surface area contributed by atoms with Crippen molar-refractivity contribution >= 4 is 29.1 Å². The normalized spacial score (nSPS) is 11.2. The molecule has 0 saturated carbocycles. The molecule has 150 valence electrons. The minimum absolute atomic E-state index is 0.0210. The molecule has 2 N–H and O–H groups in total. The van der Waals surface area contributed by atoms with Gasteiger partial charge in [-0.15, -0.1) is 11.3 Å². The first kappa shape index (κ1) is 21.2.